The molecule has 4 heteroatoms. The predicted octanol–water partition coefficient (Wildman–Crippen LogP) is 2.70. The van der Waals surface area contributed by atoms with Gasteiger partial charge in [-0.1, -0.05) is 39.5 Å². The van der Waals surface area contributed by atoms with Crippen LogP contribution in [0.2, 0.25) is 0 Å². The molecule has 2 fully saturated rings. The minimum absolute atomic E-state index is 0.232. The summed E-state index contributed by atoms with van der Waals surface area (Å²) in [4.78, 5) is 23.9. The van der Waals surface area contributed by atoms with E-state index in [1.54, 1.807) is 0 Å². The van der Waals surface area contributed by atoms with Gasteiger partial charge in [-0.2, -0.15) is 0 Å². The van der Waals surface area contributed by atoms with Crippen molar-refractivity contribution in [2.45, 2.75) is 52.4 Å². The Morgan fingerprint density at radius 3 is 1.58 bits per heavy atom. The molecule has 19 heavy (non-hydrogen) atoms. The van der Waals surface area contributed by atoms with Gasteiger partial charge in [-0.3, -0.25) is 9.59 Å². The Bertz CT molecular complexity index is 316. The minimum Gasteiger partial charge on any atom is -0.465 e. The van der Waals surface area contributed by atoms with E-state index in [0.717, 1.165) is 38.5 Å². The van der Waals surface area contributed by atoms with E-state index < -0.39 is 0 Å². The lowest BCUT2D eigenvalue weighted by Gasteiger charge is -2.07. The van der Waals surface area contributed by atoms with Crippen molar-refractivity contribution in [2.24, 2.45) is 17.3 Å². The van der Waals surface area contributed by atoms with Gasteiger partial charge in [-0.05, 0) is 18.3 Å². The number of carbonyl (C=O) groups excluding carboxylic acids is 2. The SMILES string of the molecule is CC1(C)C2C(=O)OCCCCCCCCOC(=O)C21. The van der Waals surface area contributed by atoms with Gasteiger partial charge in [-0.15, -0.1) is 0 Å². The number of carbonyl (C=O) groups is 2. The largest absolute Gasteiger partial charge is 0.465 e. The Morgan fingerprint density at radius 2 is 1.16 bits per heavy atom. The van der Waals surface area contributed by atoms with Gasteiger partial charge >= 0.3 is 11.9 Å². The molecule has 1 aliphatic carbocycles. The summed E-state index contributed by atoms with van der Waals surface area (Å²) in [6.45, 7) is 4.83. The number of ether oxygens (including phenoxy) is 2. The molecule has 2 atom stereocenters. The Hall–Kier alpha value is -1.06. The molecule has 0 aromatic carbocycles. The molecular weight excluding hydrogens is 244 g/mol. The van der Waals surface area contributed by atoms with Gasteiger partial charge in [0.25, 0.3) is 0 Å². The number of cyclic esters (lactones) is 2. The molecule has 0 aromatic heterocycles. The zero-order chi connectivity index (χ0) is 13.9. The summed E-state index contributed by atoms with van der Waals surface area (Å²) < 4.78 is 10.6. The second-order valence-corrected chi connectivity index (χ2v) is 6.23. The molecule has 108 valence electrons. The van der Waals surface area contributed by atoms with Crippen LogP contribution in [0.25, 0.3) is 0 Å². The van der Waals surface area contributed by atoms with Crippen LogP contribution in [-0.2, 0) is 19.1 Å². The number of hydrogen-bond donors (Lipinski definition) is 0. The third kappa shape index (κ3) is 3.28. The highest BCUT2D eigenvalue weighted by Gasteiger charge is 2.67. The van der Waals surface area contributed by atoms with Crippen molar-refractivity contribution >= 4 is 11.9 Å². The maximum atomic E-state index is 12.0. The number of hydrogen-bond acceptors (Lipinski definition) is 4. The molecule has 0 N–H and O–H groups in total. The standard InChI is InChI=1S/C15H24O4/c1-15(2)11-12(15)14(17)19-10-8-6-4-3-5-7-9-18-13(11)16/h11-12H,3-10H2,1-2H3. The minimum atomic E-state index is -0.317. The normalized spacial score (nSPS) is 32.5. The van der Waals surface area contributed by atoms with Crippen molar-refractivity contribution in [3.05, 3.63) is 0 Å². The summed E-state index contributed by atoms with van der Waals surface area (Å²) in [5.41, 5.74) is -0.311. The van der Waals surface area contributed by atoms with E-state index in [2.05, 4.69) is 0 Å². The number of fused-ring (bicyclic) bond motifs is 1. The summed E-state index contributed by atoms with van der Waals surface area (Å²) in [7, 11) is 0. The molecular formula is C15H24O4. The van der Waals surface area contributed by atoms with Crippen LogP contribution in [-0.4, -0.2) is 25.2 Å². The van der Waals surface area contributed by atoms with Gasteiger partial charge in [0.05, 0.1) is 25.0 Å². The fourth-order valence-electron chi connectivity index (χ4n) is 2.95. The third-order valence-corrected chi connectivity index (χ3v) is 4.36. The third-order valence-electron chi connectivity index (χ3n) is 4.36. The van der Waals surface area contributed by atoms with Crippen molar-refractivity contribution < 1.29 is 19.1 Å². The molecule has 1 aliphatic heterocycles. The van der Waals surface area contributed by atoms with Crippen LogP contribution in [0.1, 0.15) is 52.4 Å². The molecule has 2 aliphatic rings. The average molecular weight is 268 g/mol. The zero-order valence-corrected chi connectivity index (χ0v) is 11.9. The Labute approximate surface area is 114 Å². The van der Waals surface area contributed by atoms with Crippen molar-refractivity contribution in [3.8, 4) is 0 Å². The van der Waals surface area contributed by atoms with Crippen molar-refractivity contribution in [1.82, 2.24) is 0 Å². The summed E-state index contributed by atoms with van der Waals surface area (Å²) in [5, 5.41) is 0. The Morgan fingerprint density at radius 1 is 0.789 bits per heavy atom. The lowest BCUT2D eigenvalue weighted by molar-refractivity contribution is -0.151. The fourth-order valence-corrected chi connectivity index (χ4v) is 2.95. The molecule has 1 saturated heterocycles. The molecule has 1 saturated carbocycles. The highest BCUT2D eigenvalue weighted by molar-refractivity contribution is 5.89. The highest BCUT2D eigenvalue weighted by Crippen LogP contribution is 2.59. The molecule has 0 aromatic rings. The van der Waals surface area contributed by atoms with E-state index in [9.17, 15) is 9.59 Å². The zero-order valence-electron chi connectivity index (χ0n) is 11.9. The predicted molar refractivity (Wildman–Crippen MR) is 70.4 cm³/mol. The first-order valence-electron chi connectivity index (χ1n) is 7.38. The quantitative estimate of drug-likeness (QED) is 0.634. The summed E-state index contributed by atoms with van der Waals surface area (Å²) in [5.74, 6) is -1.10. The van der Waals surface area contributed by atoms with Crippen LogP contribution < -0.4 is 0 Å². The van der Waals surface area contributed by atoms with Gasteiger partial charge in [0.1, 0.15) is 0 Å². The second-order valence-electron chi connectivity index (χ2n) is 6.23. The summed E-state index contributed by atoms with van der Waals surface area (Å²) >= 11 is 0. The first-order chi connectivity index (χ1) is 9.05. The van der Waals surface area contributed by atoms with Gasteiger partial charge in [-0.25, -0.2) is 0 Å². The number of esters is 2. The van der Waals surface area contributed by atoms with Crippen LogP contribution in [0.4, 0.5) is 0 Å². The van der Waals surface area contributed by atoms with Crippen LogP contribution in [0, 0.1) is 17.3 Å². The molecule has 0 amide bonds. The smallest absolute Gasteiger partial charge is 0.310 e. The van der Waals surface area contributed by atoms with E-state index in [1.807, 2.05) is 13.8 Å². The van der Waals surface area contributed by atoms with Crippen LogP contribution in [0.3, 0.4) is 0 Å². The van der Waals surface area contributed by atoms with Crippen molar-refractivity contribution in [1.29, 1.82) is 0 Å². The van der Waals surface area contributed by atoms with E-state index in [0.29, 0.717) is 13.2 Å². The lowest BCUT2D eigenvalue weighted by atomic mass is 10.1. The average Bonchev–Trinajstić information content (AvgIpc) is 2.93. The molecule has 0 spiro atoms. The van der Waals surface area contributed by atoms with E-state index in [1.165, 1.54) is 0 Å². The molecule has 0 bridgehead atoms. The number of rotatable bonds is 0. The summed E-state index contributed by atoms with van der Waals surface area (Å²) in [6.07, 6.45) is 6.36. The van der Waals surface area contributed by atoms with Gasteiger partial charge in [0.15, 0.2) is 0 Å². The molecule has 0 radical (unpaired) electrons. The van der Waals surface area contributed by atoms with E-state index in [-0.39, 0.29) is 29.2 Å². The van der Waals surface area contributed by atoms with E-state index in [4.69, 9.17) is 9.47 Å². The van der Waals surface area contributed by atoms with Crippen LogP contribution >= 0.6 is 0 Å². The fraction of sp³-hybridized carbons (Fsp3) is 0.867. The Balaban J connectivity index is 1.95. The first kappa shape index (κ1) is 14.4. The van der Waals surface area contributed by atoms with Crippen LogP contribution in [0.5, 0.6) is 0 Å². The molecule has 4 nitrogen and oxygen atoms in total. The van der Waals surface area contributed by atoms with Crippen LogP contribution in [0.15, 0.2) is 0 Å². The maximum Gasteiger partial charge on any atom is 0.310 e. The monoisotopic (exact) mass is 268 g/mol. The first-order valence-corrected chi connectivity index (χ1v) is 7.38. The highest BCUT2D eigenvalue weighted by atomic mass is 16.5. The lowest BCUT2D eigenvalue weighted by Crippen LogP contribution is -2.15. The summed E-state index contributed by atoms with van der Waals surface area (Å²) in [6, 6.07) is 0. The van der Waals surface area contributed by atoms with Crippen molar-refractivity contribution in [2.75, 3.05) is 13.2 Å². The Kier molecular flexibility index (Phi) is 4.48. The van der Waals surface area contributed by atoms with Crippen molar-refractivity contribution in [3.63, 3.8) is 0 Å². The molecule has 2 rings (SSSR count). The van der Waals surface area contributed by atoms with Gasteiger partial charge < -0.3 is 9.47 Å². The molecule has 2 unspecified atom stereocenters. The van der Waals surface area contributed by atoms with Gasteiger partial charge in [0.2, 0.25) is 0 Å². The van der Waals surface area contributed by atoms with Gasteiger partial charge in [0, 0.05) is 0 Å². The molecule has 1 heterocycles. The second kappa shape index (κ2) is 5.93. The maximum absolute atomic E-state index is 12.0. The van der Waals surface area contributed by atoms with E-state index >= 15 is 0 Å². The topological polar surface area (TPSA) is 52.6 Å².